The fourth-order valence-electron chi connectivity index (χ4n) is 2.03. The lowest BCUT2D eigenvalue weighted by Gasteiger charge is -2.12. The van der Waals surface area contributed by atoms with E-state index in [9.17, 15) is 13.2 Å². The predicted molar refractivity (Wildman–Crippen MR) is 82.4 cm³/mol. The fraction of sp³-hybridized carbons (Fsp3) is 0.231. The molecule has 1 aromatic carbocycles. The van der Waals surface area contributed by atoms with Crippen LogP contribution in [0.15, 0.2) is 37.7 Å². The first kappa shape index (κ1) is 14.9. The highest BCUT2D eigenvalue weighted by Crippen LogP contribution is 2.21. The monoisotopic (exact) mass is 339 g/mol. The first-order valence-electron chi connectivity index (χ1n) is 6.42. The molecule has 116 valence electrons. The van der Waals surface area contributed by atoms with Crippen molar-refractivity contribution < 1.29 is 12.8 Å². The summed E-state index contributed by atoms with van der Waals surface area (Å²) in [5.74, 6) is -0.621. The van der Waals surface area contributed by atoms with Crippen LogP contribution in [0.2, 0.25) is 0 Å². The molecule has 2 N–H and O–H groups in total. The molecule has 0 aliphatic heterocycles. The molecule has 0 spiro atoms. The lowest BCUT2D eigenvalue weighted by Crippen LogP contribution is -2.27. The molecule has 3 aromatic rings. The Bertz CT molecular complexity index is 984. The third-order valence-electron chi connectivity index (χ3n) is 3.12. The van der Waals surface area contributed by atoms with Gasteiger partial charge in [-0.15, -0.1) is 11.3 Å². The Hall–Kier alpha value is -1.97. The molecule has 0 aliphatic carbocycles. The molecular formula is C13H13N3O4S2. The Morgan fingerprint density at radius 3 is 2.86 bits per heavy atom. The number of fused-ring (bicyclic) bond motifs is 1. The maximum atomic E-state index is 12.4. The Morgan fingerprint density at radius 1 is 1.41 bits per heavy atom. The second-order valence-corrected chi connectivity index (χ2v) is 7.58. The Labute approximate surface area is 130 Å². The van der Waals surface area contributed by atoms with Crippen LogP contribution in [0.4, 0.5) is 0 Å². The number of aryl methyl sites for hydroxylation is 1. The highest BCUT2D eigenvalue weighted by molar-refractivity contribution is 7.89. The van der Waals surface area contributed by atoms with Gasteiger partial charge in [-0.25, -0.2) is 22.9 Å². The van der Waals surface area contributed by atoms with Gasteiger partial charge in [0.15, 0.2) is 5.58 Å². The van der Waals surface area contributed by atoms with Gasteiger partial charge >= 0.3 is 5.76 Å². The lowest BCUT2D eigenvalue weighted by molar-refractivity contribution is 0.551. The van der Waals surface area contributed by atoms with E-state index in [1.165, 1.54) is 29.5 Å². The smallest absolute Gasteiger partial charge is 0.408 e. The van der Waals surface area contributed by atoms with Crippen LogP contribution in [-0.2, 0) is 10.0 Å². The van der Waals surface area contributed by atoms with E-state index in [4.69, 9.17) is 4.42 Å². The summed E-state index contributed by atoms with van der Waals surface area (Å²) in [4.78, 5) is 17.9. The molecule has 2 heterocycles. The van der Waals surface area contributed by atoms with Gasteiger partial charge in [0.25, 0.3) is 0 Å². The molecule has 1 atom stereocenters. The minimum absolute atomic E-state index is 0.0292. The van der Waals surface area contributed by atoms with Crippen molar-refractivity contribution in [3.63, 3.8) is 0 Å². The van der Waals surface area contributed by atoms with E-state index in [2.05, 4.69) is 14.7 Å². The maximum absolute atomic E-state index is 12.4. The van der Waals surface area contributed by atoms with Gasteiger partial charge in [0.2, 0.25) is 10.0 Å². The molecule has 0 saturated heterocycles. The first-order valence-corrected chi connectivity index (χ1v) is 8.79. The number of benzene rings is 1. The average molecular weight is 339 g/mol. The zero-order valence-electron chi connectivity index (χ0n) is 11.8. The summed E-state index contributed by atoms with van der Waals surface area (Å²) in [6, 6.07) is 3.76. The molecule has 7 nitrogen and oxygen atoms in total. The maximum Gasteiger partial charge on any atom is 0.417 e. The second-order valence-electron chi connectivity index (χ2n) is 4.81. The number of rotatable bonds is 4. The van der Waals surface area contributed by atoms with Gasteiger partial charge in [-0.3, -0.25) is 4.98 Å². The van der Waals surface area contributed by atoms with Crippen molar-refractivity contribution in [1.29, 1.82) is 0 Å². The van der Waals surface area contributed by atoms with E-state index < -0.39 is 21.8 Å². The fourth-order valence-corrected chi connectivity index (χ4v) is 3.97. The first-order chi connectivity index (χ1) is 10.3. The summed E-state index contributed by atoms with van der Waals surface area (Å²) in [6.45, 7) is 3.58. The number of nitrogens with one attached hydrogen (secondary N) is 2. The molecule has 0 saturated carbocycles. The van der Waals surface area contributed by atoms with Gasteiger partial charge in [-0.1, -0.05) is 0 Å². The number of aromatic nitrogens is 2. The van der Waals surface area contributed by atoms with Gasteiger partial charge < -0.3 is 4.42 Å². The molecular weight excluding hydrogens is 326 g/mol. The van der Waals surface area contributed by atoms with Crippen molar-refractivity contribution in [1.82, 2.24) is 14.7 Å². The van der Waals surface area contributed by atoms with Crippen molar-refractivity contribution in [2.75, 3.05) is 0 Å². The third kappa shape index (κ3) is 2.82. The van der Waals surface area contributed by atoms with Crippen molar-refractivity contribution >= 4 is 32.5 Å². The quantitative estimate of drug-likeness (QED) is 0.755. The molecule has 0 bridgehead atoms. The molecule has 0 fully saturated rings. The van der Waals surface area contributed by atoms with Crippen LogP contribution in [0, 0.1) is 6.92 Å². The number of sulfonamides is 1. The zero-order chi connectivity index (χ0) is 15.9. The Morgan fingerprint density at radius 2 is 2.18 bits per heavy atom. The van der Waals surface area contributed by atoms with E-state index >= 15 is 0 Å². The summed E-state index contributed by atoms with van der Waals surface area (Å²) in [5, 5.41) is 2.69. The molecule has 2 aromatic heterocycles. The molecule has 0 aliphatic rings. The molecule has 3 rings (SSSR count). The largest absolute Gasteiger partial charge is 0.417 e. The number of aromatic amines is 1. The number of nitrogens with zero attached hydrogens (tertiary/aromatic N) is 1. The lowest BCUT2D eigenvalue weighted by atomic mass is 10.3. The van der Waals surface area contributed by atoms with Crippen molar-refractivity contribution in [2.24, 2.45) is 0 Å². The van der Waals surface area contributed by atoms with Crippen molar-refractivity contribution in [2.45, 2.75) is 24.8 Å². The minimum atomic E-state index is -3.74. The van der Waals surface area contributed by atoms with E-state index in [-0.39, 0.29) is 10.5 Å². The summed E-state index contributed by atoms with van der Waals surface area (Å²) >= 11 is 1.46. The number of thiazole rings is 1. The zero-order valence-corrected chi connectivity index (χ0v) is 13.4. The Kier molecular flexibility index (Phi) is 3.63. The van der Waals surface area contributed by atoms with Gasteiger partial charge in [-0.05, 0) is 26.0 Å². The second kappa shape index (κ2) is 5.34. The van der Waals surface area contributed by atoms with Crippen molar-refractivity contribution in [3.8, 4) is 0 Å². The van der Waals surface area contributed by atoms with Crippen LogP contribution >= 0.6 is 11.3 Å². The van der Waals surface area contributed by atoms with Gasteiger partial charge in [0.1, 0.15) is 0 Å². The molecule has 9 heteroatoms. The highest BCUT2D eigenvalue weighted by Gasteiger charge is 2.20. The topological polar surface area (TPSA) is 105 Å². The van der Waals surface area contributed by atoms with E-state index in [0.29, 0.717) is 11.2 Å². The minimum Gasteiger partial charge on any atom is -0.408 e. The predicted octanol–water partition coefficient (Wildman–Crippen LogP) is 1.93. The van der Waals surface area contributed by atoms with E-state index in [1.54, 1.807) is 6.92 Å². The van der Waals surface area contributed by atoms with Crippen LogP contribution in [0.1, 0.15) is 23.7 Å². The van der Waals surface area contributed by atoms with Crippen LogP contribution in [0.25, 0.3) is 11.1 Å². The van der Waals surface area contributed by atoms with Crippen LogP contribution in [0.3, 0.4) is 0 Å². The summed E-state index contributed by atoms with van der Waals surface area (Å²) in [6.07, 6.45) is 0. The van der Waals surface area contributed by atoms with E-state index in [0.717, 1.165) is 5.01 Å². The summed E-state index contributed by atoms with van der Waals surface area (Å²) < 4.78 is 32.3. The number of hydrogen-bond donors (Lipinski definition) is 2. The van der Waals surface area contributed by atoms with Gasteiger partial charge in [0.05, 0.1) is 27.2 Å². The van der Waals surface area contributed by atoms with Gasteiger partial charge in [-0.2, -0.15) is 0 Å². The molecule has 0 radical (unpaired) electrons. The number of hydrogen-bond acceptors (Lipinski definition) is 6. The summed E-state index contributed by atoms with van der Waals surface area (Å²) in [5.41, 5.74) is 1.32. The molecule has 1 unspecified atom stereocenters. The number of oxazole rings is 1. The van der Waals surface area contributed by atoms with E-state index in [1.807, 2.05) is 12.3 Å². The van der Waals surface area contributed by atoms with Gasteiger partial charge in [0, 0.05) is 11.4 Å². The highest BCUT2D eigenvalue weighted by atomic mass is 32.2. The van der Waals surface area contributed by atoms with Crippen LogP contribution in [0.5, 0.6) is 0 Å². The average Bonchev–Trinajstić information content (AvgIpc) is 3.02. The summed E-state index contributed by atoms with van der Waals surface area (Å²) in [7, 11) is -3.74. The third-order valence-corrected chi connectivity index (χ3v) is 5.45. The normalized spacial score (nSPS) is 13.5. The van der Waals surface area contributed by atoms with Crippen LogP contribution < -0.4 is 10.5 Å². The molecule has 22 heavy (non-hydrogen) atoms. The Balaban J connectivity index is 1.92. The standard InChI is InChI=1S/C13H13N3O4S2/c1-7(11-6-21-8(2)14-11)16-22(18,19)9-3-4-10-12(5-9)20-13(17)15-10/h3-7,16H,1-2H3,(H,15,17). The van der Waals surface area contributed by atoms with Crippen LogP contribution in [-0.4, -0.2) is 18.4 Å². The SMILES string of the molecule is Cc1nc(C(C)NS(=O)(=O)c2ccc3[nH]c(=O)oc3c2)cs1. The van der Waals surface area contributed by atoms with Crippen molar-refractivity contribution in [3.05, 3.63) is 44.8 Å². The molecule has 0 amide bonds. The number of H-pyrrole nitrogens is 1.